The first kappa shape index (κ1) is 20.2. The number of fused-ring (bicyclic) bond motifs is 1. The molecule has 7 heteroatoms. The Hall–Kier alpha value is -2.57. The van der Waals surface area contributed by atoms with Gasteiger partial charge in [-0.05, 0) is 48.6 Å². The highest BCUT2D eigenvalue weighted by atomic mass is 35.5. The number of esters is 1. The molecule has 1 aliphatic carbocycles. The van der Waals surface area contributed by atoms with Gasteiger partial charge in [-0.1, -0.05) is 48.0 Å². The minimum Gasteiger partial charge on any atom is -0.459 e. The number of hydrogen-bond donors (Lipinski definition) is 3. The van der Waals surface area contributed by atoms with Gasteiger partial charge in [-0.3, -0.25) is 0 Å². The molecule has 0 saturated carbocycles. The number of nitrogens with two attached hydrogens (primary N) is 1. The number of carbonyl (C=O) groups excluding carboxylic acids is 2. The Bertz CT molecular complexity index is 855. The first-order valence-electron chi connectivity index (χ1n) is 9.18. The number of hydrogen-bond acceptors (Lipinski definition) is 4. The average Bonchev–Trinajstić information content (AvgIpc) is 3.07. The number of ether oxygens (including phenoxy) is 1. The normalized spacial score (nSPS) is 17.3. The topological polar surface area (TPSA) is 93.5 Å². The number of aryl methyl sites for hydroxylation is 1. The third-order valence-corrected chi connectivity index (χ3v) is 5.02. The second-order valence-corrected chi connectivity index (χ2v) is 7.68. The van der Waals surface area contributed by atoms with Crippen LogP contribution in [0.2, 0.25) is 5.02 Å². The van der Waals surface area contributed by atoms with Crippen molar-refractivity contribution < 1.29 is 14.3 Å². The molecule has 0 unspecified atom stereocenters. The van der Waals surface area contributed by atoms with Gasteiger partial charge in [0, 0.05) is 11.6 Å². The standard InChI is InChI=1S/C21H24ClN3O3/c1-21(23,19(26)28-12-14-5-3-2-4-6-14)13-24-20(27)25-18-10-7-15-11-16(22)8-9-17(15)18/h2-6,8-9,11,18H,7,10,12-13,23H2,1H3,(H2,24,25,27)/t18-,21-/m1/s1. The molecule has 1 aliphatic rings. The van der Waals surface area contributed by atoms with Crippen LogP contribution in [-0.4, -0.2) is 24.1 Å². The third kappa shape index (κ3) is 5.03. The van der Waals surface area contributed by atoms with Crippen molar-refractivity contribution in [2.45, 2.75) is 38.0 Å². The molecule has 0 aliphatic heterocycles. The molecule has 2 amide bonds. The van der Waals surface area contributed by atoms with Crippen LogP contribution in [0.3, 0.4) is 0 Å². The monoisotopic (exact) mass is 401 g/mol. The molecule has 3 rings (SSSR count). The van der Waals surface area contributed by atoms with Crippen LogP contribution >= 0.6 is 11.6 Å². The SMILES string of the molecule is C[C@@](N)(CNC(=O)N[C@@H]1CCc2cc(Cl)ccc21)C(=O)OCc1ccccc1. The number of benzene rings is 2. The van der Waals surface area contributed by atoms with Crippen LogP contribution < -0.4 is 16.4 Å². The van der Waals surface area contributed by atoms with E-state index in [0.29, 0.717) is 5.02 Å². The number of carbonyl (C=O) groups is 2. The van der Waals surface area contributed by atoms with Gasteiger partial charge in [0.2, 0.25) is 0 Å². The number of nitrogens with one attached hydrogen (secondary N) is 2. The van der Waals surface area contributed by atoms with E-state index in [9.17, 15) is 9.59 Å². The van der Waals surface area contributed by atoms with E-state index in [1.54, 1.807) is 0 Å². The highest BCUT2D eigenvalue weighted by Gasteiger charge is 2.31. The van der Waals surface area contributed by atoms with E-state index in [1.807, 2.05) is 48.5 Å². The Morgan fingerprint density at radius 1 is 1.25 bits per heavy atom. The highest BCUT2D eigenvalue weighted by molar-refractivity contribution is 6.30. The van der Waals surface area contributed by atoms with Crippen LogP contribution in [0.25, 0.3) is 0 Å². The van der Waals surface area contributed by atoms with Crippen LogP contribution in [0.1, 0.15) is 36.1 Å². The van der Waals surface area contributed by atoms with Gasteiger partial charge in [-0.15, -0.1) is 0 Å². The van der Waals surface area contributed by atoms with Crippen molar-refractivity contribution in [1.29, 1.82) is 0 Å². The Kier molecular flexibility index (Phi) is 6.21. The van der Waals surface area contributed by atoms with Crippen LogP contribution in [0.15, 0.2) is 48.5 Å². The molecule has 0 saturated heterocycles. The van der Waals surface area contributed by atoms with Crippen LogP contribution in [0.4, 0.5) is 4.79 Å². The van der Waals surface area contributed by atoms with Crippen molar-refractivity contribution in [3.05, 3.63) is 70.2 Å². The summed E-state index contributed by atoms with van der Waals surface area (Å²) in [5.74, 6) is -0.572. The van der Waals surface area contributed by atoms with E-state index < -0.39 is 11.5 Å². The summed E-state index contributed by atoms with van der Waals surface area (Å²) in [6, 6.07) is 14.6. The molecular weight excluding hydrogens is 378 g/mol. The Labute approximate surface area is 169 Å². The molecule has 6 nitrogen and oxygen atoms in total. The van der Waals surface area contributed by atoms with Gasteiger partial charge >= 0.3 is 12.0 Å². The second-order valence-electron chi connectivity index (χ2n) is 7.24. The van der Waals surface area contributed by atoms with Crippen molar-refractivity contribution in [1.82, 2.24) is 10.6 Å². The molecule has 2 aromatic rings. The average molecular weight is 402 g/mol. The van der Waals surface area contributed by atoms with Gasteiger partial charge in [0.15, 0.2) is 0 Å². The molecule has 0 bridgehead atoms. The van der Waals surface area contributed by atoms with Gasteiger partial charge in [0.05, 0.1) is 6.04 Å². The summed E-state index contributed by atoms with van der Waals surface area (Å²) in [5, 5.41) is 6.28. The lowest BCUT2D eigenvalue weighted by Crippen LogP contribution is -2.55. The molecule has 0 spiro atoms. The molecule has 0 aromatic heterocycles. The van der Waals surface area contributed by atoms with E-state index in [0.717, 1.165) is 29.5 Å². The molecule has 2 aromatic carbocycles. The summed E-state index contributed by atoms with van der Waals surface area (Å²) in [6.45, 7) is 1.64. The van der Waals surface area contributed by atoms with E-state index in [-0.39, 0.29) is 25.2 Å². The lowest BCUT2D eigenvalue weighted by molar-refractivity contribution is -0.150. The van der Waals surface area contributed by atoms with Crippen molar-refractivity contribution in [3.8, 4) is 0 Å². The fraction of sp³-hybridized carbons (Fsp3) is 0.333. The zero-order valence-corrected chi connectivity index (χ0v) is 16.5. The maximum Gasteiger partial charge on any atom is 0.328 e. The maximum atomic E-state index is 12.3. The molecule has 4 N–H and O–H groups in total. The molecule has 28 heavy (non-hydrogen) atoms. The van der Waals surface area contributed by atoms with Crippen LogP contribution in [-0.2, 0) is 22.6 Å². The zero-order valence-electron chi connectivity index (χ0n) is 15.7. The Morgan fingerprint density at radius 3 is 2.75 bits per heavy atom. The summed E-state index contributed by atoms with van der Waals surface area (Å²) in [4.78, 5) is 24.5. The second kappa shape index (κ2) is 8.63. The predicted octanol–water partition coefficient (Wildman–Crippen LogP) is 3.09. The molecule has 0 heterocycles. The fourth-order valence-electron chi connectivity index (χ4n) is 3.17. The smallest absolute Gasteiger partial charge is 0.328 e. The zero-order chi connectivity index (χ0) is 20.1. The first-order valence-corrected chi connectivity index (χ1v) is 9.56. The van der Waals surface area contributed by atoms with Gasteiger partial charge in [-0.2, -0.15) is 0 Å². The predicted molar refractivity (Wildman–Crippen MR) is 108 cm³/mol. The van der Waals surface area contributed by atoms with Crippen molar-refractivity contribution in [2.24, 2.45) is 5.73 Å². The van der Waals surface area contributed by atoms with E-state index in [1.165, 1.54) is 6.92 Å². The van der Waals surface area contributed by atoms with Gasteiger partial charge in [-0.25, -0.2) is 9.59 Å². The van der Waals surface area contributed by atoms with E-state index in [2.05, 4.69) is 10.6 Å². The Balaban J connectivity index is 1.47. The number of halogens is 1. The summed E-state index contributed by atoms with van der Waals surface area (Å²) < 4.78 is 5.27. The van der Waals surface area contributed by atoms with E-state index >= 15 is 0 Å². The molecule has 148 valence electrons. The fourth-order valence-corrected chi connectivity index (χ4v) is 3.36. The number of amides is 2. The van der Waals surface area contributed by atoms with Crippen molar-refractivity contribution in [2.75, 3.05) is 6.54 Å². The Morgan fingerprint density at radius 2 is 2.00 bits per heavy atom. The van der Waals surface area contributed by atoms with Gasteiger partial charge in [0.1, 0.15) is 12.1 Å². The minimum absolute atomic E-state index is 0.0351. The first-order chi connectivity index (χ1) is 13.3. The summed E-state index contributed by atoms with van der Waals surface area (Å²) in [7, 11) is 0. The lowest BCUT2D eigenvalue weighted by Gasteiger charge is -2.24. The molecule has 0 radical (unpaired) electrons. The minimum atomic E-state index is -1.33. The van der Waals surface area contributed by atoms with Crippen LogP contribution in [0, 0.1) is 0 Å². The number of rotatable bonds is 6. The largest absolute Gasteiger partial charge is 0.459 e. The summed E-state index contributed by atoms with van der Waals surface area (Å²) >= 11 is 6.01. The quantitative estimate of drug-likeness (QED) is 0.648. The van der Waals surface area contributed by atoms with E-state index in [4.69, 9.17) is 22.1 Å². The molecule has 2 atom stereocenters. The summed E-state index contributed by atoms with van der Waals surface area (Å²) in [6.07, 6.45) is 1.67. The maximum absolute atomic E-state index is 12.3. The molecular formula is C21H24ClN3O3. The van der Waals surface area contributed by atoms with Gasteiger partial charge < -0.3 is 21.1 Å². The summed E-state index contributed by atoms with van der Waals surface area (Å²) in [5.41, 5.74) is 7.80. The number of urea groups is 1. The van der Waals surface area contributed by atoms with Crippen molar-refractivity contribution in [3.63, 3.8) is 0 Å². The van der Waals surface area contributed by atoms with Gasteiger partial charge in [0.25, 0.3) is 0 Å². The lowest BCUT2D eigenvalue weighted by atomic mass is 10.0. The van der Waals surface area contributed by atoms with Crippen molar-refractivity contribution >= 4 is 23.6 Å². The van der Waals surface area contributed by atoms with Crippen LogP contribution in [0.5, 0.6) is 0 Å². The third-order valence-electron chi connectivity index (χ3n) is 4.78. The highest BCUT2D eigenvalue weighted by Crippen LogP contribution is 2.32. The molecule has 0 fully saturated rings.